The summed E-state index contributed by atoms with van der Waals surface area (Å²) in [6.07, 6.45) is 0.664. The summed E-state index contributed by atoms with van der Waals surface area (Å²) in [5, 5.41) is 4.39. The molecule has 3 heterocycles. The smallest absolute Gasteiger partial charge is 0.138 e. The van der Waals surface area contributed by atoms with E-state index in [9.17, 15) is 0 Å². The second-order valence-electron chi connectivity index (χ2n) is 34.1. The molecule has 0 saturated carbocycles. The van der Waals surface area contributed by atoms with Gasteiger partial charge in [0.15, 0.2) is 0 Å². The second kappa shape index (κ2) is 30.1. The van der Waals surface area contributed by atoms with Crippen LogP contribution >= 0.6 is 11.7 Å². The first-order valence-corrected chi connectivity index (χ1v) is 41.4. The highest BCUT2D eigenvalue weighted by atomic mass is 32.1. The molecule has 0 N–H and O–H groups in total. The van der Waals surface area contributed by atoms with Gasteiger partial charge in [0.25, 0.3) is 0 Å². The number of para-hydroxylation sites is 2. The highest BCUT2D eigenvalue weighted by Gasteiger charge is 2.29. The van der Waals surface area contributed by atoms with Gasteiger partial charge in [0.05, 0.1) is 40.7 Å². The molecular weight excluding hydrogens is 1440 g/mol. The van der Waals surface area contributed by atoms with Crippen LogP contribution in [0.3, 0.4) is 0 Å². The molecule has 16 aromatic carbocycles. The van der Waals surface area contributed by atoms with Crippen molar-refractivity contribution in [3.05, 3.63) is 380 Å². The molecule has 0 unspecified atom stereocenters. The van der Waals surface area contributed by atoms with Crippen LogP contribution in [-0.2, 0) is 22.7 Å². The van der Waals surface area contributed by atoms with Gasteiger partial charge in [-0.15, -0.1) is 0 Å². The summed E-state index contributed by atoms with van der Waals surface area (Å²) in [5.41, 5.74) is 34.7. The molecule has 19 aromatic rings. The van der Waals surface area contributed by atoms with Gasteiger partial charge in [-0.2, -0.15) is 8.75 Å². The van der Waals surface area contributed by atoms with Crippen LogP contribution in [-0.4, -0.2) is 19.9 Å². The number of nitrogens with zero attached hydrogens (tertiary/aromatic N) is 4. The number of benzene rings is 16. The Labute approximate surface area is 689 Å². The van der Waals surface area contributed by atoms with E-state index in [1.54, 1.807) is 0 Å². The Bertz CT molecular complexity index is 6540. The standard InChI is InChI=1S/C110H90N4O2S/c1-108(2,3)87-46-37-77(38-47-87)96-68-89(110(7,8)9)69-97(78-39-48-88(49-40-78)109(4,5)6)106(96)114-100-56-45-80(67-98(100)99-70-92(54-57-101(99)114)115-60-59-79-33-24-35-95-94-34-22-23-36-103(94)116-107(79)95)93-55-58-102(105-104(93)111-117-112-105)113(90-50-41-75(42-51-90)85-63-81(71-25-14-10-15-26-71)61-82(64-85)72-27-16-11-17-28-72)91-52-43-76(44-53-91)86-65-83(73-29-18-12-19-30-73)62-84(66-86)74-31-20-13-21-32-74/h10-58,61-70H,59-60H2,1-9H3. The van der Waals surface area contributed by atoms with Crippen molar-refractivity contribution < 1.29 is 9.15 Å². The monoisotopic (exact) mass is 1530 g/mol. The van der Waals surface area contributed by atoms with Crippen molar-refractivity contribution in [3.63, 3.8) is 0 Å². The van der Waals surface area contributed by atoms with Crippen molar-refractivity contribution in [2.75, 3.05) is 11.5 Å². The zero-order valence-corrected chi connectivity index (χ0v) is 68.3. The molecule has 0 atom stereocenters. The van der Waals surface area contributed by atoms with E-state index in [-0.39, 0.29) is 16.2 Å². The van der Waals surface area contributed by atoms with Crippen LogP contribution in [0.25, 0.3) is 161 Å². The van der Waals surface area contributed by atoms with Gasteiger partial charge in [-0.1, -0.05) is 299 Å². The van der Waals surface area contributed by atoms with Crippen molar-refractivity contribution in [1.29, 1.82) is 0 Å². The fraction of sp³-hybridized carbons (Fsp3) is 0.127. The Balaban J connectivity index is 0.775. The molecule has 0 saturated heterocycles. The minimum absolute atomic E-state index is 0.0315. The third-order valence-electron chi connectivity index (χ3n) is 23.3. The van der Waals surface area contributed by atoms with Gasteiger partial charge in [-0.25, -0.2) is 0 Å². The first kappa shape index (κ1) is 73.7. The zero-order chi connectivity index (χ0) is 79.7. The Morgan fingerprint density at radius 3 is 1.21 bits per heavy atom. The van der Waals surface area contributed by atoms with Gasteiger partial charge in [0.1, 0.15) is 27.9 Å². The van der Waals surface area contributed by atoms with Gasteiger partial charge in [0, 0.05) is 56.0 Å². The van der Waals surface area contributed by atoms with Crippen LogP contribution in [0.1, 0.15) is 84.6 Å². The van der Waals surface area contributed by atoms with Gasteiger partial charge < -0.3 is 18.6 Å². The summed E-state index contributed by atoms with van der Waals surface area (Å²) < 4.78 is 26.6. The van der Waals surface area contributed by atoms with Crippen molar-refractivity contribution in [2.45, 2.75) is 85.0 Å². The maximum Gasteiger partial charge on any atom is 0.138 e. The maximum absolute atomic E-state index is 6.96. The first-order chi connectivity index (χ1) is 56.9. The van der Waals surface area contributed by atoms with Crippen LogP contribution in [0.5, 0.6) is 5.75 Å². The Kier molecular flexibility index (Phi) is 18.9. The van der Waals surface area contributed by atoms with Crippen molar-refractivity contribution in [3.8, 4) is 112 Å². The average molecular weight is 1530 g/mol. The van der Waals surface area contributed by atoms with E-state index in [1.165, 1.54) is 50.7 Å². The minimum Gasteiger partial charge on any atom is -0.493 e. The molecule has 0 fully saturated rings. The Morgan fingerprint density at radius 2 is 0.726 bits per heavy atom. The topological polar surface area (TPSA) is 56.3 Å². The van der Waals surface area contributed by atoms with Crippen LogP contribution in [0.4, 0.5) is 17.1 Å². The van der Waals surface area contributed by atoms with E-state index in [0.29, 0.717) is 13.0 Å². The third-order valence-corrected chi connectivity index (χ3v) is 23.9. The van der Waals surface area contributed by atoms with Gasteiger partial charge >= 0.3 is 0 Å². The van der Waals surface area contributed by atoms with Crippen molar-refractivity contribution >= 4 is 83.6 Å². The number of hydrogen-bond donors (Lipinski definition) is 0. The van der Waals surface area contributed by atoms with Gasteiger partial charge in [-0.3, -0.25) is 0 Å². The zero-order valence-electron chi connectivity index (χ0n) is 67.5. The van der Waals surface area contributed by atoms with Crippen LogP contribution in [0.2, 0.25) is 0 Å². The highest BCUT2D eigenvalue weighted by molar-refractivity contribution is 7.00. The maximum atomic E-state index is 6.96. The molecule has 19 rings (SSSR count). The molecule has 6 nitrogen and oxygen atoms in total. The molecule has 0 aliphatic heterocycles. The predicted molar refractivity (Wildman–Crippen MR) is 494 cm³/mol. The fourth-order valence-corrected chi connectivity index (χ4v) is 17.5. The molecule has 3 aromatic heterocycles. The number of rotatable bonds is 17. The lowest BCUT2D eigenvalue weighted by Gasteiger charge is -2.27. The number of furan rings is 1. The molecule has 0 bridgehead atoms. The molecule has 7 heteroatoms. The minimum atomic E-state index is -0.179. The third kappa shape index (κ3) is 14.4. The van der Waals surface area contributed by atoms with Crippen LogP contribution < -0.4 is 9.64 Å². The van der Waals surface area contributed by atoms with E-state index in [4.69, 9.17) is 17.9 Å². The summed E-state index contributed by atoms with van der Waals surface area (Å²) in [4.78, 5) is 2.36. The van der Waals surface area contributed by atoms with Gasteiger partial charge in [-0.05, 0) is 243 Å². The van der Waals surface area contributed by atoms with Crippen molar-refractivity contribution in [2.24, 2.45) is 0 Å². The fourth-order valence-electron chi connectivity index (χ4n) is 16.9. The average Bonchev–Trinajstić information content (AvgIpc) is 1.39. The van der Waals surface area contributed by atoms with Crippen LogP contribution in [0.15, 0.2) is 362 Å². The number of fused-ring (bicyclic) bond motifs is 7. The highest BCUT2D eigenvalue weighted by Crippen LogP contribution is 2.49. The lowest BCUT2D eigenvalue weighted by Crippen LogP contribution is -2.13. The van der Waals surface area contributed by atoms with E-state index < -0.39 is 0 Å². The SMILES string of the molecule is CC(C)(C)c1ccc(-c2cc(C(C)(C)C)cc(-c3ccc(C(C)(C)C)cc3)c2-n2c3ccc(OCCc4cccc5c4oc4ccccc45)cc3c3cc(-c4ccc(N(c5ccc(-c6cc(-c7ccccc7)cc(-c7ccccc7)c6)cc5)c5ccc(-c6cc(-c7ccccc7)cc(-c7ccccc7)c6)cc5)c5nsnc45)ccc32)cc1. The summed E-state index contributed by atoms with van der Waals surface area (Å²) >= 11 is 1.25. The summed E-state index contributed by atoms with van der Waals surface area (Å²) in [5.74, 6) is 0.787. The molecule has 0 aliphatic carbocycles. The molecule has 568 valence electrons. The largest absolute Gasteiger partial charge is 0.493 e. The summed E-state index contributed by atoms with van der Waals surface area (Å²) in [6.45, 7) is 21.2. The van der Waals surface area contributed by atoms with Gasteiger partial charge in [0.2, 0.25) is 0 Å². The quantitative estimate of drug-likeness (QED) is 0.0909. The normalized spacial score (nSPS) is 12.0. The molecule has 0 radical (unpaired) electrons. The van der Waals surface area contributed by atoms with E-state index in [2.05, 4.69) is 418 Å². The van der Waals surface area contributed by atoms with E-state index in [0.717, 1.165) is 167 Å². The summed E-state index contributed by atoms with van der Waals surface area (Å²) in [6, 6.07) is 131. The van der Waals surface area contributed by atoms with E-state index >= 15 is 0 Å². The second-order valence-corrected chi connectivity index (χ2v) is 34.7. The molecule has 0 amide bonds. The number of ether oxygens (including phenoxy) is 1. The molecular formula is C110H90N4O2S. The van der Waals surface area contributed by atoms with Crippen LogP contribution in [0, 0.1) is 0 Å². The Morgan fingerprint density at radius 1 is 0.316 bits per heavy atom. The predicted octanol–water partition coefficient (Wildman–Crippen LogP) is 30.7. The Hall–Kier alpha value is -13.5. The number of anilines is 3. The number of aromatic nitrogens is 3. The molecule has 117 heavy (non-hydrogen) atoms. The first-order valence-electron chi connectivity index (χ1n) is 40.7. The van der Waals surface area contributed by atoms with E-state index in [1.807, 2.05) is 12.1 Å². The number of hydrogen-bond acceptors (Lipinski definition) is 6. The summed E-state index contributed by atoms with van der Waals surface area (Å²) in [7, 11) is 0. The molecule has 0 aliphatic rings. The lowest BCUT2D eigenvalue weighted by molar-refractivity contribution is 0.322. The molecule has 0 spiro atoms. The van der Waals surface area contributed by atoms with Crippen molar-refractivity contribution in [1.82, 2.24) is 13.3 Å². The lowest BCUT2D eigenvalue weighted by atomic mass is 9.81.